The average molecular weight is 367 g/mol. The molecule has 1 aliphatic heterocycles. The second-order valence-electron chi connectivity index (χ2n) is 7.27. The van der Waals surface area contributed by atoms with E-state index < -0.39 is 0 Å². The van der Waals surface area contributed by atoms with Crippen LogP contribution in [0.2, 0.25) is 0 Å². The molecule has 3 atom stereocenters. The normalized spacial score (nSPS) is 21.0. The summed E-state index contributed by atoms with van der Waals surface area (Å²) in [5.41, 5.74) is 8.74. The monoisotopic (exact) mass is 367 g/mol. The molecule has 0 aromatic heterocycles. The van der Waals surface area contributed by atoms with Crippen molar-refractivity contribution in [2.75, 3.05) is 26.2 Å². The van der Waals surface area contributed by atoms with Gasteiger partial charge >= 0.3 is 0 Å². The zero-order chi connectivity index (χ0) is 19.2. The number of nitrogens with one attached hydrogen (secondary N) is 1. The summed E-state index contributed by atoms with van der Waals surface area (Å²) in [5.74, 6) is 1.11. The van der Waals surface area contributed by atoms with Crippen LogP contribution in [0, 0.1) is 6.92 Å². The van der Waals surface area contributed by atoms with E-state index in [4.69, 9.17) is 10.5 Å². The first-order valence-electron chi connectivity index (χ1n) is 9.56. The lowest BCUT2D eigenvalue weighted by Gasteiger charge is -2.23. The first-order valence-corrected chi connectivity index (χ1v) is 9.56. The highest BCUT2D eigenvalue weighted by atomic mass is 16.5. The van der Waals surface area contributed by atoms with Gasteiger partial charge in [-0.3, -0.25) is 9.69 Å². The minimum absolute atomic E-state index is 0.0174. The summed E-state index contributed by atoms with van der Waals surface area (Å²) < 4.78 is 5.69. The fourth-order valence-electron chi connectivity index (χ4n) is 3.59. The highest BCUT2D eigenvalue weighted by Gasteiger charge is 2.35. The van der Waals surface area contributed by atoms with Crippen LogP contribution in [-0.4, -0.2) is 49.1 Å². The van der Waals surface area contributed by atoms with Gasteiger partial charge in [0.25, 0.3) is 0 Å². The Morgan fingerprint density at radius 3 is 2.74 bits per heavy atom. The van der Waals surface area contributed by atoms with Crippen molar-refractivity contribution in [2.45, 2.75) is 31.8 Å². The molecule has 3 N–H and O–H groups in total. The van der Waals surface area contributed by atoms with Gasteiger partial charge in [-0.05, 0) is 37.1 Å². The summed E-state index contributed by atoms with van der Waals surface area (Å²) in [6.07, 6.45) is 0. The first-order chi connectivity index (χ1) is 13.0. The number of carbonyl (C=O) groups excluding carboxylic acids is 1. The Kier molecular flexibility index (Phi) is 6.48. The molecule has 0 aliphatic carbocycles. The van der Waals surface area contributed by atoms with Crippen LogP contribution in [-0.2, 0) is 4.79 Å². The SMILES string of the molecule is Cc1cccc(OCCNC(=O)C(C)N2C[C@@H](N)[C@H](c3ccccc3)C2)c1. The molecule has 0 radical (unpaired) electrons. The zero-order valence-corrected chi connectivity index (χ0v) is 16.1. The number of nitrogens with zero attached hydrogens (tertiary/aromatic N) is 1. The van der Waals surface area contributed by atoms with E-state index >= 15 is 0 Å². The van der Waals surface area contributed by atoms with Crippen LogP contribution in [0.4, 0.5) is 0 Å². The predicted molar refractivity (Wildman–Crippen MR) is 108 cm³/mol. The molecule has 2 aromatic rings. The number of aryl methyl sites for hydroxylation is 1. The maximum Gasteiger partial charge on any atom is 0.237 e. The summed E-state index contributed by atoms with van der Waals surface area (Å²) >= 11 is 0. The van der Waals surface area contributed by atoms with Gasteiger partial charge < -0.3 is 15.8 Å². The number of ether oxygens (including phenoxy) is 1. The van der Waals surface area contributed by atoms with Crippen LogP contribution >= 0.6 is 0 Å². The Morgan fingerprint density at radius 1 is 1.22 bits per heavy atom. The topological polar surface area (TPSA) is 67.6 Å². The summed E-state index contributed by atoms with van der Waals surface area (Å²) in [6, 6.07) is 18.1. The van der Waals surface area contributed by atoms with E-state index in [9.17, 15) is 4.79 Å². The molecule has 5 heteroatoms. The van der Waals surface area contributed by atoms with Crippen LogP contribution < -0.4 is 15.8 Å². The number of nitrogens with two attached hydrogens (primary N) is 1. The number of amides is 1. The Hall–Kier alpha value is -2.37. The van der Waals surface area contributed by atoms with Crippen LogP contribution in [0.5, 0.6) is 5.75 Å². The van der Waals surface area contributed by atoms with Gasteiger partial charge in [-0.15, -0.1) is 0 Å². The van der Waals surface area contributed by atoms with Crippen LogP contribution in [0.1, 0.15) is 24.0 Å². The van der Waals surface area contributed by atoms with Crippen molar-refractivity contribution < 1.29 is 9.53 Å². The Morgan fingerprint density at radius 2 is 2.00 bits per heavy atom. The maximum atomic E-state index is 12.5. The van der Waals surface area contributed by atoms with Crippen molar-refractivity contribution in [2.24, 2.45) is 5.73 Å². The van der Waals surface area contributed by atoms with Gasteiger partial charge in [-0.1, -0.05) is 42.5 Å². The van der Waals surface area contributed by atoms with Crippen molar-refractivity contribution in [1.82, 2.24) is 10.2 Å². The zero-order valence-electron chi connectivity index (χ0n) is 16.1. The lowest BCUT2D eigenvalue weighted by atomic mass is 9.95. The summed E-state index contributed by atoms with van der Waals surface area (Å²) in [4.78, 5) is 14.7. The number of benzene rings is 2. The van der Waals surface area contributed by atoms with Crippen molar-refractivity contribution >= 4 is 5.91 Å². The molecule has 27 heavy (non-hydrogen) atoms. The molecule has 1 amide bonds. The molecule has 1 fully saturated rings. The standard InChI is InChI=1S/C22H29N3O2/c1-16-7-6-10-19(13-16)27-12-11-24-22(26)17(2)25-14-20(21(23)15-25)18-8-4-3-5-9-18/h3-10,13,17,20-21H,11-12,14-15,23H2,1-2H3,(H,24,26)/t17?,20-,21+/m0/s1. The number of carbonyl (C=O) groups is 1. The van der Waals surface area contributed by atoms with Gasteiger partial charge in [0.1, 0.15) is 12.4 Å². The molecule has 144 valence electrons. The summed E-state index contributed by atoms with van der Waals surface area (Å²) in [7, 11) is 0. The van der Waals surface area contributed by atoms with E-state index in [-0.39, 0.29) is 23.9 Å². The molecule has 1 heterocycles. The molecule has 5 nitrogen and oxygen atoms in total. The quantitative estimate of drug-likeness (QED) is 0.737. The van der Waals surface area contributed by atoms with Gasteiger partial charge in [0.15, 0.2) is 0 Å². The van der Waals surface area contributed by atoms with E-state index in [1.165, 1.54) is 5.56 Å². The molecule has 0 bridgehead atoms. The highest BCUT2D eigenvalue weighted by molar-refractivity contribution is 5.81. The second-order valence-corrected chi connectivity index (χ2v) is 7.27. The minimum Gasteiger partial charge on any atom is -0.492 e. The maximum absolute atomic E-state index is 12.5. The molecule has 2 aromatic carbocycles. The molecule has 1 unspecified atom stereocenters. The lowest BCUT2D eigenvalue weighted by molar-refractivity contribution is -0.125. The molecular formula is C22H29N3O2. The van der Waals surface area contributed by atoms with Gasteiger partial charge in [0, 0.05) is 25.0 Å². The molecular weight excluding hydrogens is 338 g/mol. The van der Waals surface area contributed by atoms with Crippen molar-refractivity contribution in [3.8, 4) is 5.75 Å². The largest absolute Gasteiger partial charge is 0.492 e. The lowest BCUT2D eigenvalue weighted by Crippen LogP contribution is -2.45. The van der Waals surface area contributed by atoms with Crippen molar-refractivity contribution in [1.29, 1.82) is 0 Å². The van der Waals surface area contributed by atoms with E-state index in [2.05, 4.69) is 22.3 Å². The molecule has 1 saturated heterocycles. The van der Waals surface area contributed by atoms with Crippen molar-refractivity contribution in [3.05, 3.63) is 65.7 Å². The van der Waals surface area contributed by atoms with Crippen molar-refractivity contribution in [3.63, 3.8) is 0 Å². The molecule has 0 saturated carbocycles. The van der Waals surface area contributed by atoms with Gasteiger partial charge in [0.2, 0.25) is 5.91 Å². The summed E-state index contributed by atoms with van der Waals surface area (Å²) in [5, 5.41) is 2.97. The van der Waals surface area contributed by atoms with Crippen LogP contribution in [0.3, 0.4) is 0 Å². The first kappa shape index (κ1) is 19.4. The Labute approximate surface area is 161 Å². The smallest absolute Gasteiger partial charge is 0.237 e. The third-order valence-corrected chi connectivity index (χ3v) is 5.21. The third-order valence-electron chi connectivity index (χ3n) is 5.21. The number of hydrogen-bond donors (Lipinski definition) is 2. The Balaban J connectivity index is 1.45. The predicted octanol–water partition coefficient (Wildman–Crippen LogP) is 2.31. The van der Waals surface area contributed by atoms with Gasteiger partial charge in [-0.2, -0.15) is 0 Å². The van der Waals surface area contributed by atoms with Crippen LogP contribution in [0.25, 0.3) is 0 Å². The fraction of sp³-hybridized carbons (Fsp3) is 0.409. The molecule has 3 rings (SSSR count). The Bertz CT molecular complexity index is 750. The molecule has 1 aliphatic rings. The van der Waals surface area contributed by atoms with Crippen LogP contribution in [0.15, 0.2) is 54.6 Å². The van der Waals surface area contributed by atoms with E-state index in [1.807, 2.05) is 56.3 Å². The average Bonchev–Trinajstić information content (AvgIpc) is 3.07. The number of rotatable bonds is 7. The molecule has 0 spiro atoms. The van der Waals surface area contributed by atoms with Gasteiger partial charge in [-0.25, -0.2) is 0 Å². The van der Waals surface area contributed by atoms with E-state index in [1.54, 1.807) is 0 Å². The van der Waals surface area contributed by atoms with E-state index in [0.717, 1.165) is 24.4 Å². The third kappa shape index (κ3) is 5.08. The van der Waals surface area contributed by atoms with E-state index in [0.29, 0.717) is 13.2 Å². The second kappa shape index (κ2) is 9.02. The highest BCUT2D eigenvalue weighted by Crippen LogP contribution is 2.27. The minimum atomic E-state index is -0.205. The fourth-order valence-corrected chi connectivity index (χ4v) is 3.59. The van der Waals surface area contributed by atoms with Gasteiger partial charge in [0.05, 0.1) is 12.6 Å². The summed E-state index contributed by atoms with van der Waals surface area (Å²) in [6.45, 7) is 6.44. The number of hydrogen-bond acceptors (Lipinski definition) is 4. The number of likely N-dealkylation sites (tertiary alicyclic amines) is 1.